The van der Waals surface area contributed by atoms with Crippen LogP contribution in [0.5, 0.6) is 0 Å². The summed E-state index contributed by atoms with van der Waals surface area (Å²) in [5, 5.41) is 9.28. The fourth-order valence-corrected chi connectivity index (χ4v) is 1.87. The van der Waals surface area contributed by atoms with Crippen LogP contribution in [-0.4, -0.2) is 49.3 Å². The molecule has 1 N–H and O–H groups in total. The molecule has 0 amide bonds. The van der Waals surface area contributed by atoms with E-state index in [1.165, 1.54) is 0 Å². The quantitative estimate of drug-likeness (QED) is 0.658. The molecule has 0 bridgehead atoms. The Morgan fingerprint density at radius 2 is 2.06 bits per heavy atom. The minimum atomic E-state index is -0.704. The van der Waals surface area contributed by atoms with Gasteiger partial charge in [0.25, 0.3) is 0 Å². The van der Waals surface area contributed by atoms with Gasteiger partial charge >= 0.3 is 5.97 Å². The van der Waals surface area contributed by atoms with Gasteiger partial charge in [-0.25, -0.2) is 0 Å². The minimum Gasteiger partial charge on any atom is -0.481 e. The van der Waals surface area contributed by atoms with Gasteiger partial charge in [-0.2, -0.15) is 0 Å². The van der Waals surface area contributed by atoms with Gasteiger partial charge in [0.15, 0.2) is 0 Å². The van der Waals surface area contributed by atoms with Gasteiger partial charge in [-0.05, 0) is 19.9 Å². The number of nitrogens with zero attached hydrogens (tertiary/aromatic N) is 1. The number of carbonyl (C=O) groups is 1. The van der Waals surface area contributed by atoms with E-state index >= 15 is 0 Å². The molecule has 0 aromatic carbocycles. The molecule has 0 spiro atoms. The Labute approximate surface area is 98.6 Å². The summed E-state index contributed by atoms with van der Waals surface area (Å²) >= 11 is 0. The summed E-state index contributed by atoms with van der Waals surface area (Å²) in [4.78, 5) is 13.4. The molecule has 0 aliphatic rings. The summed E-state index contributed by atoms with van der Waals surface area (Å²) in [5.74, 6) is -0.704. The van der Waals surface area contributed by atoms with Crippen LogP contribution in [0.2, 0.25) is 0 Å². The number of methoxy groups -OCH3 is 1. The molecule has 0 saturated carbocycles. The van der Waals surface area contributed by atoms with Gasteiger partial charge in [-0.3, -0.25) is 4.79 Å². The van der Waals surface area contributed by atoms with Crippen LogP contribution in [0.15, 0.2) is 0 Å². The summed E-state index contributed by atoms with van der Waals surface area (Å²) in [5.41, 5.74) is -0.640. The first-order valence-electron chi connectivity index (χ1n) is 5.94. The third-order valence-electron chi connectivity index (χ3n) is 2.95. The maximum atomic E-state index is 11.3. The van der Waals surface area contributed by atoms with Gasteiger partial charge in [-0.1, -0.05) is 20.3 Å². The molecular weight excluding hydrogens is 206 g/mol. The molecule has 0 aliphatic carbocycles. The third kappa shape index (κ3) is 4.94. The van der Waals surface area contributed by atoms with Crippen LogP contribution in [0.3, 0.4) is 0 Å². The molecule has 1 unspecified atom stereocenters. The highest BCUT2D eigenvalue weighted by molar-refractivity contribution is 5.74. The maximum Gasteiger partial charge on any atom is 0.310 e. The zero-order chi connectivity index (χ0) is 12.6. The second-order valence-corrected chi connectivity index (χ2v) is 4.48. The maximum absolute atomic E-state index is 11.3. The summed E-state index contributed by atoms with van der Waals surface area (Å²) in [6.45, 7) is 8.78. The average molecular weight is 231 g/mol. The second-order valence-electron chi connectivity index (χ2n) is 4.48. The molecule has 0 aromatic heterocycles. The van der Waals surface area contributed by atoms with Crippen LogP contribution in [0.1, 0.15) is 33.6 Å². The van der Waals surface area contributed by atoms with E-state index in [1.54, 1.807) is 7.11 Å². The zero-order valence-electron chi connectivity index (χ0n) is 11.0. The molecule has 0 saturated heterocycles. The first kappa shape index (κ1) is 15.4. The first-order valence-corrected chi connectivity index (χ1v) is 5.94. The molecule has 0 fully saturated rings. The Bertz CT molecular complexity index is 208. The Balaban J connectivity index is 4.40. The summed E-state index contributed by atoms with van der Waals surface area (Å²) in [7, 11) is 1.66. The van der Waals surface area contributed by atoms with Crippen molar-refractivity contribution in [1.29, 1.82) is 0 Å². The van der Waals surface area contributed by atoms with Crippen LogP contribution < -0.4 is 0 Å². The fraction of sp³-hybridized carbons (Fsp3) is 0.917. The highest BCUT2D eigenvalue weighted by atomic mass is 16.5. The molecule has 0 rings (SSSR count). The van der Waals surface area contributed by atoms with Crippen molar-refractivity contribution < 1.29 is 14.6 Å². The van der Waals surface area contributed by atoms with Crippen LogP contribution in [0, 0.1) is 5.41 Å². The van der Waals surface area contributed by atoms with Crippen molar-refractivity contribution in [2.24, 2.45) is 5.41 Å². The van der Waals surface area contributed by atoms with E-state index in [1.807, 2.05) is 20.8 Å². The number of rotatable bonds is 9. The number of hydrogen-bond donors (Lipinski definition) is 1. The van der Waals surface area contributed by atoms with Gasteiger partial charge in [0, 0.05) is 20.2 Å². The number of ether oxygens (including phenoxy) is 1. The molecule has 0 aliphatic heterocycles. The van der Waals surface area contributed by atoms with Crippen LogP contribution >= 0.6 is 0 Å². The molecule has 16 heavy (non-hydrogen) atoms. The van der Waals surface area contributed by atoms with Crippen molar-refractivity contribution in [1.82, 2.24) is 4.90 Å². The zero-order valence-corrected chi connectivity index (χ0v) is 11.0. The predicted molar refractivity (Wildman–Crippen MR) is 64.6 cm³/mol. The van der Waals surface area contributed by atoms with E-state index in [0.717, 1.165) is 19.5 Å². The number of likely N-dealkylation sites (N-methyl/N-ethyl adjacent to an activating group) is 1. The van der Waals surface area contributed by atoms with Gasteiger partial charge in [-0.15, -0.1) is 0 Å². The molecule has 4 heteroatoms. The molecule has 96 valence electrons. The van der Waals surface area contributed by atoms with E-state index in [-0.39, 0.29) is 0 Å². The van der Waals surface area contributed by atoms with Crippen LogP contribution in [0.4, 0.5) is 0 Å². The van der Waals surface area contributed by atoms with Crippen molar-refractivity contribution >= 4 is 5.97 Å². The molecule has 1 atom stereocenters. The van der Waals surface area contributed by atoms with Crippen molar-refractivity contribution in [2.75, 3.05) is 33.4 Å². The normalized spacial score (nSPS) is 15.1. The first-order chi connectivity index (χ1) is 7.50. The SMILES string of the molecule is CCCC(C)(CN(CC)CCOC)C(=O)O. The molecule has 0 radical (unpaired) electrons. The van der Waals surface area contributed by atoms with E-state index < -0.39 is 11.4 Å². The highest BCUT2D eigenvalue weighted by Crippen LogP contribution is 2.24. The second kappa shape index (κ2) is 7.63. The van der Waals surface area contributed by atoms with Crippen LogP contribution in [0.25, 0.3) is 0 Å². The van der Waals surface area contributed by atoms with Gasteiger partial charge in [0.05, 0.1) is 12.0 Å². The number of hydrogen-bond acceptors (Lipinski definition) is 3. The molecule has 0 aromatic rings. The lowest BCUT2D eigenvalue weighted by molar-refractivity contribution is -0.149. The van der Waals surface area contributed by atoms with Crippen LogP contribution in [-0.2, 0) is 9.53 Å². The summed E-state index contributed by atoms with van der Waals surface area (Å²) in [6, 6.07) is 0. The van der Waals surface area contributed by atoms with Crippen molar-refractivity contribution in [2.45, 2.75) is 33.6 Å². The summed E-state index contributed by atoms with van der Waals surface area (Å²) < 4.78 is 5.02. The Kier molecular flexibility index (Phi) is 7.34. The standard InChI is InChI=1S/C12H25NO3/c1-5-7-12(3,11(14)15)10-13(6-2)8-9-16-4/h5-10H2,1-4H3,(H,14,15). The van der Waals surface area contributed by atoms with Crippen molar-refractivity contribution in [3.05, 3.63) is 0 Å². The number of aliphatic carboxylic acids is 1. The smallest absolute Gasteiger partial charge is 0.310 e. The Hall–Kier alpha value is -0.610. The Morgan fingerprint density at radius 1 is 1.44 bits per heavy atom. The van der Waals surface area contributed by atoms with Crippen molar-refractivity contribution in [3.8, 4) is 0 Å². The third-order valence-corrected chi connectivity index (χ3v) is 2.95. The molecular formula is C12H25NO3. The molecule has 4 nitrogen and oxygen atoms in total. The van der Waals surface area contributed by atoms with Crippen molar-refractivity contribution in [3.63, 3.8) is 0 Å². The topological polar surface area (TPSA) is 49.8 Å². The number of carboxylic acid groups (broad SMARTS) is 1. The van der Waals surface area contributed by atoms with E-state index in [4.69, 9.17) is 4.74 Å². The van der Waals surface area contributed by atoms with Gasteiger partial charge < -0.3 is 14.7 Å². The Morgan fingerprint density at radius 3 is 2.44 bits per heavy atom. The summed E-state index contributed by atoms with van der Waals surface area (Å²) in [6.07, 6.45) is 1.61. The predicted octanol–water partition coefficient (Wildman–Crippen LogP) is 1.85. The fourth-order valence-electron chi connectivity index (χ4n) is 1.87. The number of carboxylic acids is 1. The van der Waals surface area contributed by atoms with E-state index in [2.05, 4.69) is 4.90 Å². The monoisotopic (exact) mass is 231 g/mol. The van der Waals surface area contributed by atoms with Gasteiger partial charge in [0.2, 0.25) is 0 Å². The van der Waals surface area contributed by atoms with E-state index in [9.17, 15) is 9.90 Å². The van der Waals surface area contributed by atoms with Gasteiger partial charge in [0.1, 0.15) is 0 Å². The van der Waals surface area contributed by atoms with E-state index in [0.29, 0.717) is 19.6 Å². The molecule has 0 heterocycles. The largest absolute Gasteiger partial charge is 0.481 e. The lowest BCUT2D eigenvalue weighted by atomic mass is 9.85. The highest BCUT2D eigenvalue weighted by Gasteiger charge is 2.33. The lowest BCUT2D eigenvalue weighted by Crippen LogP contribution is -2.42. The minimum absolute atomic E-state index is 0.593. The lowest BCUT2D eigenvalue weighted by Gasteiger charge is -2.31. The average Bonchev–Trinajstić information content (AvgIpc) is 2.24.